The number of hydrogen-bond acceptors (Lipinski definition) is 1. The number of benzene rings is 2. The quantitative estimate of drug-likeness (QED) is 0.637. The first-order valence-corrected chi connectivity index (χ1v) is 4.73. The third kappa shape index (κ3) is 1.46. The fraction of sp³-hybridized carbons (Fsp3) is 0.154. The standard InChI is InChI=1S/C13H10FN/c1-8-3-4-11-9(2)5-10(7-15)6-12(11)13(8)14/h3-6H,1-2H3. The topological polar surface area (TPSA) is 23.8 Å². The zero-order valence-corrected chi connectivity index (χ0v) is 8.63. The second-order valence-corrected chi connectivity index (χ2v) is 3.70. The minimum atomic E-state index is -0.229. The molecule has 0 radical (unpaired) electrons. The lowest BCUT2D eigenvalue weighted by molar-refractivity contribution is 0.630. The number of fused-ring (bicyclic) bond motifs is 1. The number of aryl methyl sites for hydroxylation is 2. The van der Waals surface area contributed by atoms with Gasteiger partial charge in [-0.05, 0) is 42.5 Å². The van der Waals surface area contributed by atoms with Crippen LogP contribution in [0.15, 0.2) is 24.3 Å². The highest BCUT2D eigenvalue weighted by molar-refractivity contribution is 5.88. The molecule has 2 heteroatoms. The summed E-state index contributed by atoms with van der Waals surface area (Å²) >= 11 is 0. The van der Waals surface area contributed by atoms with E-state index in [1.165, 1.54) is 0 Å². The van der Waals surface area contributed by atoms with Gasteiger partial charge >= 0.3 is 0 Å². The van der Waals surface area contributed by atoms with Crippen molar-refractivity contribution in [1.29, 1.82) is 5.26 Å². The Kier molecular flexibility index (Phi) is 2.17. The monoisotopic (exact) mass is 199 g/mol. The maximum Gasteiger partial charge on any atom is 0.133 e. The van der Waals surface area contributed by atoms with Crippen LogP contribution < -0.4 is 0 Å². The zero-order chi connectivity index (χ0) is 11.0. The Labute approximate surface area is 87.8 Å². The van der Waals surface area contributed by atoms with E-state index in [0.29, 0.717) is 16.5 Å². The molecule has 0 saturated heterocycles. The first kappa shape index (κ1) is 9.67. The molecule has 2 aromatic rings. The van der Waals surface area contributed by atoms with E-state index in [1.807, 2.05) is 19.1 Å². The average molecular weight is 199 g/mol. The highest BCUT2D eigenvalue weighted by Crippen LogP contribution is 2.25. The van der Waals surface area contributed by atoms with Crippen LogP contribution in [0.2, 0.25) is 0 Å². The predicted octanol–water partition coefficient (Wildman–Crippen LogP) is 3.47. The van der Waals surface area contributed by atoms with Crippen LogP contribution in [0.25, 0.3) is 10.8 Å². The van der Waals surface area contributed by atoms with Crippen LogP contribution in [0.1, 0.15) is 16.7 Å². The Morgan fingerprint density at radius 1 is 1.07 bits per heavy atom. The molecular weight excluding hydrogens is 189 g/mol. The summed E-state index contributed by atoms with van der Waals surface area (Å²) in [4.78, 5) is 0. The smallest absolute Gasteiger partial charge is 0.133 e. The van der Waals surface area contributed by atoms with Crippen LogP contribution in [0, 0.1) is 31.0 Å². The molecular formula is C13H10FN. The van der Waals surface area contributed by atoms with Crippen LogP contribution in [-0.4, -0.2) is 0 Å². The van der Waals surface area contributed by atoms with E-state index in [2.05, 4.69) is 0 Å². The maximum absolute atomic E-state index is 13.8. The molecule has 2 rings (SSSR count). The van der Waals surface area contributed by atoms with Crippen molar-refractivity contribution < 1.29 is 4.39 Å². The Balaban J connectivity index is 2.94. The van der Waals surface area contributed by atoms with Gasteiger partial charge in [0, 0.05) is 5.39 Å². The van der Waals surface area contributed by atoms with Crippen molar-refractivity contribution in [2.24, 2.45) is 0 Å². The van der Waals surface area contributed by atoms with Crippen molar-refractivity contribution in [1.82, 2.24) is 0 Å². The maximum atomic E-state index is 13.8. The third-order valence-electron chi connectivity index (χ3n) is 2.60. The van der Waals surface area contributed by atoms with E-state index in [-0.39, 0.29) is 5.82 Å². The van der Waals surface area contributed by atoms with Gasteiger partial charge < -0.3 is 0 Å². The number of halogens is 1. The minimum absolute atomic E-state index is 0.229. The molecule has 0 saturated carbocycles. The van der Waals surface area contributed by atoms with Gasteiger partial charge in [-0.25, -0.2) is 4.39 Å². The van der Waals surface area contributed by atoms with E-state index in [1.54, 1.807) is 25.1 Å². The van der Waals surface area contributed by atoms with Gasteiger partial charge in [-0.2, -0.15) is 5.26 Å². The Bertz CT molecular complexity index is 579. The van der Waals surface area contributed by atoms with Crippen molar-refractivity contribution in [3.63, 3.8) is 0 Å². The SMILES string of the molecule is Cc1ccc2c(C)cc(C#N)cc2c1F. The molecule has 0 atom stereocenters. The summed E-state index contributed by atoms with van der Waals surface area (Å²) in [6.45, 7) is 3.61. The van der Waals surface area contributed by atoms with Gasteiger partial charge in [-0.15, -0.1) is 0 Å². The summed E-state index contributed by atoms with van der Waals surface area (Å²) in [5.74, 6) is -0.229. The highest BCUT2D eigenvalue weighted by Gasteiger charge is 2.07. The number of rotatable bonds is 0. The molecule has 0 unspecified atom stereocenters. The Morgan fingerprint density at radius 3 is 2.47 bits per heavy atom. The highest BCUT2D eigenvalue weighted by atomic mass is 19.1. The van der Waals surface area contributed by atoms with Crippen LogP contribution in [0.5, 0.6) is 0 Å². The molecule has 0 N–H and O–H groups in total. The molecule has 0 aliphatic heterocycles. The molecule has 0 aliphatic rings. The molecule has 0 aliphatic carbocycles. The Hall–Kier alpha value is -1.88. The number of hydrogen-bond donors (Lipinski definition) is 0. The summed E-state index contributed by atoms with van der Waals surface area (Å²) < 4.78 is 13.8. The lowest BCUT2D eigenvalue weighted by Gasteiger charge is -2.06. The fourth-order valence-corrected chi connectivity index (χ4v) is 1.76. The van der Waals surface area contributed by atoms with Crippen molar-refractivity contribution in [3.05, 3.63) is 46.8 Å². The largest absolute Gasteiger partial charge is 0.206 e. The normalized spacial score (nSPS) is 10.3. The van der Waals surface area contributed by atoms with Crippen LogP contribution in [-0.2, 0) is 0 Å². The first-order valence-electron chi connectivity index (χ1n) is 4.73. The second kappa shape index (κ2) is 3.36. The summed E-state index contributed by atoms with van der Waals surface area (Å²) in [5.41, 5.74) is 2.05. The van der Waals surface area contributed by atoms with Crippen molar-refractivity contribution >= 4 is 10.8 Å². The van der Waals surface area contributed by atoms with Crippen molar-refractivity contribution in [2.45, 2.75) is 13.8 Å². The molecule has 74 valence electrons. The summed E-state index contributed by atoms with van der Waals surface area (Å²) in [6, 6.07) is 9.07. The van der Waals surface area contributed by atoms with Gasteiger partial charge in [0.15, 0.2) is 0 Å². The van der Waals surface area contributed by atoms with Crippen LogP contribution in [0.3, 0.4) is 0 Å². The van der Waals surface area contributed by atoms with Crippen molar-refractivity contribution in [3.8, 4) is 6.07 Å². The van der Waals surface area contributed by atoms with Crippen molar-refractivity contribution in [2.75, 3.05) is 0 Å². The van der Waals surface area contributed by atoms with E-state index >= 15 is 0 Å². The molecule has 1 nitrogen and oxygen atoms in total. The first-order chi connectivity index (χ1) is 7.13. The lowest BCUT2D eigenvalue weighted by Crippen LogP contribution is -1.89. The van der Waals surface area contributed by atoms with Gasteiger partial charge in [0.05, 0.1) is 11.6 Å². The summed E-state index contributed by atoms with van der Waals surface area (Å²) in [7, 11) is 0. The van der Waals surface area contributed by atoms with Crippen LogP contribution >= 0.6 is 0 Å². The lowest BCUT2D eigenvalue weighted by atomic mass is 10.00. The molecule has 0 heterocycles. The number of nitrogens with zero attached hydrogens (tertiary/aromatic N) is 1. The van der Waals surface area contributed by atoms with E-state index in [0.717, 1.165) is 10.9 Å². The van der Waals surface area contributed by atoms with Gasteiger partial charge in [-0.3, -0.25) is 0 Å². The number of nitriles is 1. The Morgan fingerprint density at radius 2 is 1.80 bits per heavy atom. The molecule has 2 aromatic carbocycles. The fourth-order valence-electron chi connectivity index (χ4n) is 1.76. The molecule has 15 heavy (non-hydrogen) atoms. The zero-order valence-electron chi connectivity index (χ0n) is 8.63. The molecule has 0 bridgehead atoms. The summed E-state index contributed by atoms with van der Waals surface area (Å²) in [6.07, 6.45) is 0. The second-order valence-electron chi connectivity index (χ2n) is 3.70. The molecule has 0 spiro atoms. The van der Waals surface area contributed by atoms with Gasteiger partial charge in [0.1, 0.15) is 5.82 Å². The van der Waals surface area contributed by atoms with Gasteiger partial charge in [0.25, 0.3) is 0 Å². The van der Waals surface area contributed by atoms with Gasteiger partial charge in [-0.1, -0.05) is 12.1 Å². The molecule has 0 amide bonds. The average Bonchev–Trinajstić information content (AvgIpc) is 2.23. The minimum Gasteiger partial charge on any atom is -0.206 e. The molecule has 0 aromatic heterocycles. The van der Waals surface area contributed by atoms with E-state index in [4.69, 9.17) is 5.26 Å². The predicted molar refractivity (Wildman–Crippen MR) is 58.1 cm³/mol. The van der Waals surface area contributed by atoms with E-state index < -0.39 is 0 Å². The third-order valence-corrected chi connectivity index (χ3v) is 2.60. The van der Waals surface area contributed by atoms with Gasteiger partial charge in [0.2, 0.25) is 0 Å². The van der Waals surface area contributed by atoms with E-state index in [9.17, 15) is 4.39 Å². The van der Waals surface area contributed by atoms with Crippen LogP contribution in [0.4, 0.5) is 4.39 Å². The summed E-state index contributed by atoms with van der Waals surface area (Å²) in [5, 5.41) is 10.2. The molecule has 0 fully saturated rings.